The van der Waals surface area contributed by atoms with Gasteiger partial charge in [0.2, 0.25) is 0 Å². The summed E-state index contributed by atoms with van der Waals surface area (Å²) in [6.45, 7) is 4.99. The van der Waals surface area contributed by atoms with Crippen molar-refractivity contribution >= 4 is 7.82 Å². The van der Waals surface area contributed by atoms with E-state index in [2.05, 4.69) is 34.3 Å². The van der Waals surface area contributed by atoms with Crippen molar-refractivity contribution in [2.45, 2.75) is 39.2 Å². The fourth-order valence-corrected chi connectivity index (χ4v) is 4.99. The van der Waals surface area contributed by atoms with Crippen LogP contribution in [0.25, 0.3) is 0 Å². The molecule has 48 heavy (non-hydrogen) atoms. The Morgan fingerprint density at radius 2 is 0.938 bits per heavy atom. The molecular weight excluding hydrogens is 731 g/mol. The molecule has 0 aliphatic carbocycles. The summed E-state index contributed by atoms with van der Waals surface area (Å²) >= 11 is 0. The molecule has 0 atom stereocenters. The van der Waals surface area contributed by atoms with Gasteiger partial charge in [-0.3, -0.25) is 29.7 Å². The second-order valence-electron chi connectivity index (χ2n) is 10.6. The molecule has 4 aromatic heterocycles. The van der Waals surface area contributed by atoms with Gasteiger partial charge in [-0.1, -0.05) is 42.0 Å². The van der Waals surface area contributed by atoms with Crippen LogP contribution >= 0.6 is 7.82 Å². The van der Waals surface area contributed by atoms with Gasteiger partial charge in [-0.25, -0.2) is 0 Å². The minimum absolute atomic E-state index is 0. The summed E-state index contributed by atoms with van der Waals surface area (Å²) in [5.74, 6) is 0.0499. The Hall–Kier alpha value is -3.10. The van der Waals surface area contributed by atoms with Crippen molar-refractivity contribution in [3.8, 4) is 5.75 Å². The second-order valence-corrected chi connectivity index (χ2v) is 11.7. The van der Waals surface area contributed by atoms with Crippen LogP contribution in [-0.4, -0.2) is 48.9 Å². The number of aromatic nitrogens is 4. The van der Waals surface area contributed by atoms with Crippen molar-refractivity contribution in [3.63, 3.8) is 0 Å². The van der Waals surface area contributed by atoms with E-state index in [4.69, 9.17) is 0 Å². The number of pyridine rings is 4. The van der Waals surface area contributed by atoms with Crippen LogP contribution in [0.4, 0.5) is 0 Å². The van der Waals surface area contributed by atoms with E-state index in [9.17, 15) is 19.5 Å². The third kappa shape index (κ3) is 16.3. The van der Waals surface area contributed by atoms with Crippen molar-refractivity contribution in [3.05, 3.63) is 150 Å². The van der Waals surface area contributed by atoms with Crippen LogP contribution in [-0.2, 0) is 69.7 Å². The van der Waals surface area contributed by atoms with Gasteiger partial charge in [-0.05, 0) is 80.7 Å². The molecule has 11 nitrogen and oxygen atoms in total. The van der Waals surface area contributed by atoms with Gasteiger partial charge in [-0.15, -0.1) is 6.10 Å². The number of aryl methyl sites for hydroxylation is 1. The molecule has 4 heterocycles. The number of benzene rings is 1. The van der Waals surface area contributed by atoms with Crippen LogP contribution < -0.4 is 19.4 Å². The molecule has 240 valence electrons. The molecule has 0 radical (unpaired) electrons. The minimum Gasteiger partial charge on any atom is -0.850 e. The Labute approximate surface area is 307 Å². The number of nitrogens with zero attached hydrogens (tertiary/aromatic N) is 6. The van der Waals surface area contributed by atoms with E-state index < -0.39 is 13.9 Å². The molecule has 0 bridgehead atoms. The molecule has 1 aromatic carbocycles. The Balaban J connectivity index is 0.000000486. The van der Waals surface area contributed by atoms with Crippen LogP contribution in [0.5, 0.6) is 5.75 Å². The standard InChI is InChI=1S/C27H29N6O.C7H9O4P.2Zn/c34-27(21-32(17-23-9-1-5-13-28-23)18-24-10-2-6-14-29-24)22-33(19-25-11-3-7-15-30-25)20-26-12-4-8-16-31-26;1-6-2-4-7(5-3-6)11-12(8,9)10;;/h1-16,27H,17-22H2;2-5H,1H3,(H2,8,9,10);;/q-1;;2*+2/p-2/i;;2*1-1. The summed E-state index contributed by atoms with van der Waals surface area (Å²) in [4.78, 5) is 42.3. The molecule has 0 saturated heterocycles. The molecule has 5 aromatic rings. The number of rotatable bonds is 14. The second kappa shape index (κ2) is 21.8. The van der Waals surface area contributed by atoms with Crippen molar-refractivity contribution in [1.29, 1.82) is 0 Å². The third-order valence-corrected chi connectivity index (χ3v) is 7.04. The van der Waals surface area contributed by atoms with Crippen LogP contribution in [0.15, 0.2) is 122 Å². The molecule has 14 heteroatoms. The maximum absolute atomic E-state index is 13.3. The predicted molar refractivity (Wildman–Crippen MR) is 168 cm³/mol. The summed E-state index contributed by atoms with van der Waals surface area (Å²) < 4.78 is 14.2. The number of hydrogen-bond donors (Lipinski definition) is 0. The Morgan fingerprint density at radius 3 is 1.21 bits per heavy atom. The van der Waals surface area contributed by atoms with E-state index in [0.717, 1.165) is 28.3 Å². The van der Waals surface area contributed by atoms with E-state index in [1.165, 1.54) is 12.1 Å². The number of phosphoric acid groups is 1. The minimum atomic E-state index is -4.90. The van der Waals surface area contributed by atoms with Crippen LogP contribution in [0.1, 0.15) is 28.3 Å². The predicted octanol–water partition coefficient (Wildman–Crippen LogP) is 2.90. The van der Waals surface area contributed by atoms with Crippen molar-refractivity contribution < 1.29 is 62.9 Å². The fraction of sp³-hybridized carbons (Fsp3) is 0.235. The third-order valence-electron chi connectivity index (χ3n) is 6.61. The SMILES string of the molecule is Cc1ccc(OP(=O)([O-])[O-])cc1.[64Zn+2].[64Zn+2].[O-]C(CN(Cc1ccccn1)Cc1ccccn1)CN(Cc1ccccn1)Cc1ccccn1. The summed E-state index contributed by atoms with van der Waals surface area (Å²) in [6.07, 6.45) is 6.31. The zero-order valence-electron chi connectivity index (χ0n) is 27.0. The topological polar surface area (TPSA) is 154 Å². The molecule has 0 aliphatic heterocycles. The molecule has 5 rings (SSSR count). The van der Waals surface area contributed by atoms with E-state index in [0.29, 0.717) is 39.3 Å². The molecule has 0 aliphatic rings. The van der Waals surface area contributed by atoms with Crippen LogP contribution in [0, 0.1) is 6.92 Å². The summed E-state index contributed by atoms with van der Waals surface area (Å²) in [6, 6.07) is 29.6. The zero-order chi connectivity index (χ0) is 32.6. The summed E-state index contributed by atoms with van der Waals surface area (Å²) in [7, 11) is -4.90. The van der Waals surface area contributed by atoms with Crippen molar-refractivity contribution in [1.82, 2.24) is 29.7 Å². The first-order valence-electron chi connectivity index (χ1n) is 14.7. The molecule has 0 N–H and O–H groups in total. The van der Waals surface area contributed by atoms with E-state index in [-0.39, 0.29) is 44.7 Å². The summed E-state index contributed by atoms with van der Waals surface area (Å²) in [5.41, 5.74) is 4.71. The Bertz CT molecular complexity index is 1440. The molecule has 0 saturated carbocycles. The quantitative estimate of drug-likeness (QED) is 0.121. The van der Waals surface area contributed by atoms with Gasteiger partial charge in [0.15, 0.2) is 0 Å². The maximum Gasteiger partial charge on any atom is 2.00 e. The van der Waals surface area contributed by atoms with E-state index >= 15 is 0 Å². The van der Waals surface area contributed by atoms with Gasteiger partial charge >= 0.3 is 39.0 Å². The molecule has 0 amide bonds. The fourth-order valence-electron chi connectivity index (χ4n) is 4.61. The average molecular weight is 768 g/mol. The first kappa shape index (κ1) is 41.1. The molecule has 0 fully saturated rings. The normalized spacial score (nSPS) is 10.9. The first-order valence-corrected chi connectivity index (χ1v) is 16.2. The van der Waals surface area contributed by atoms with Gasteiger partial charge < -0.3 is 24.0 Å². The monoisotopic (exact) mass is 767 g/mol. The largest absolute Gasteiger partial charge is 2.00 e. The van der Waals surface area contributed by atoms with Crippen LogP contribution in [0.3, 0.4) is 0 Å². The van der Waals surface area contributed by atoms with E-state index in [1.54, 1.807) is 36.9 Å². The summed E-state index contributed by atoms with van der Waals surface area (Å²) in [5, 5.41) is 13.3. The first-order chi connectivity index (χ1) is 22.2. The maximum atomic E-state index is 13.3. The Morgan fingerprint density at radius 1 is 0.604 bits per heavy atom. The Kier molecular flexibility index (Phi) is 18.6. The molecule has 0 spiro atoms. The van der Waals surface area contributed by atoms with Gasteiger partial charge in [0.05, 0.1) is 22.8 Å². The van der Waals surface area contributed by atoms with Gasteiger partial charge in [0.1, 0.15) is 13.6 Å². The number of phosphoric ester groups is 1. The molecular formula is C34H36N6O5PZn2+. The number of hydrogen-bond acceptors (Lipinski definition) is 11. The average Bonchev–Trinajstić information content (AvgIpc) is 3.04. The molecule has 0 unspecified atom stereocenters. The smallest absolute Gasteiger partial charge is 0.850 e. The zero-order valence-corrected chi connectivity index (χ0v) is 33.8. The van der Waals surface area contributed by atoms with Crippen molar-refractivity contribution in [2.24, 2.45) is 0 Å². The van der Waals surface area contributed by atoms with E-state index in [1.807, 2.05) is 79.7 Å². The van der Waals surface area contributed by atoms with Crippen molar-refractivity contribution in [2.75, 3.05) is 13.1 Å². The van der Waals surface area contributed by atoms with Crippen LogP contribution in [0.2, 0.25) is 0 Å². The van der Waals surface area contributed by atoms with Gasteiger partial charge in [0.25, 0.3) is 0 Å². The van der Waals surface area contributed by atoms with Gasteiger partial charge in [0, 0.05) is 51.0 Å². The van der Waals surface area contributed by atoms with Gasteiger partial charge in [-0.2, -0.15) is 0 Å².